The fraction of sp³-hybridized carbons (Fsp3) is 0.450. The molecule has 0 unspecified atom stereocenters. The number of nitrogens with zero attached hydrogens (tertiary/aromatic N) is 3. The fourth-order valence-corrected chi connectivity index (χ4v) is 3.74. The number of hydrogen-bond acceptors (Lipinski definition) is 5. The van der Waals surface area contributed by atoms with E-state index in [1.54, 1.807) is 17.1 Å². The number of aryl methyl sites for hydroxylation is 1. The second kappa shape index (κ2) is 8.53. The predicted molar refractivity (Wildman–Crippen MR) is 104 cm³/mol. The average molecular weight is 383 g/mol. The molecule has 1 fully saturated rings. The Morgan fingerprint density at radius 1 is 1.14 bits per heavy atom. The first kappa shape index (κ1) is 18.6. The summed E-state index contributed by atoms with van der Waals surface area (Å²) in [5.74, 6) is -1.29. The van der Waals surface area contributed by atoms with Crippen LogP contribution in [0.1, 0.15) is 23.6 Å². The maximum absolute atomic E-state index is 12.3. The summed E-state index contributed by atoms with van der Waals surface area (Å²) in [5.41, 5.74) is 2.85. The van der Waals surface area contributed by atoms with Gasteiger partial charge in [0.05, 0.1) is 37.7 Å². The molecule has 0 spiro atoms. The Kier molecular flexibility index (Phi) is 5.68. The van der Waals surface area contributed by atoms with Gasteiger partial charge in [0.25, 0.3) is 0 Å². The first-order valence-electron chi connectivity index (χ1n) is 9.71. The van der Waals surface area contributed by atoms with Gasteiger partial charge in [-0.25, -0.2) is 0 Å². The Balaban J connectivity index is 1.26. The van der Waals surface area contributed by atoms with E-state index in [2.05, 4.69) is 26.7 Å². The van der Waals surface area contributed by atoms with E-state index < -0.39 is 11.8 Å². The Hall–Kier alpha value is -2.71. The van der Waals surface area contributed by atoms with E-state index in [9.17, 15) is 9.59 Å². The number of benzene rings is 1. The lowest BCUT2D eigenvalue weighted by Gasteiger charge is -2.26. The van der Waals surface area contributed by atoms with Gasteiger partial charge in [-0.3, -0.25) is 19.2 Å². The highest BCUT2D eigenvalue weighted by atomic mass is 16.5. The van der Waals surface area contributed by atoms with Crippen LogP contribution in [0.15, 0.2) is 36.7 Å². The number of ether oxygens (including phenoxy) is 1. The van der Waals surface area contributed by atoms with Gasteiger partial charge in [0.2, 0.25) is 0 Å². The molecule has 2 amide bonds. The predicted octanol–water partition coefficient (Wildman–Crippen LogP) is 0.958. The van der Waals surface area contributed by atoms with Crippen LogP contribution < -0.4 is 10.6 Å². The topological polar surface area (TPSA) is 88.5 Å². The number of morpholine rings is 1. The van der Waals surface area contributed by atoms with Gasteiger partial charge in [-0.15, -0.1) is 0 Å². The van der Waals surface area contributed by atoms with Crippen molar-refractivity contribution < 1.29 is 14.3 Å². The Labute approximate surface area is 163 Å². The largest absolute Gasteiger partial charge is 0.379 e. The summed E-state index contributed by atoms with van der Waals surface area (Å²) in [6, 6.07) is 7.91. The van der Waals surface area contributed by atoms with Gasteiger partial charge in [-0.2, -0.15) is 5.10 Å². The van der Waals surface area contributed by atoms with E-state index in [0.717, 1.165) is 57.8 Å². The molecule has 2 heterocycles. The molecule has 2 N–H and O–H groups in total. The molecule has 1 aliphatic carbocycles. The minimum absolute atomic E-state index is 0.106. The van der Waals surface area contributed by atoms with E-state index in [1.807, 2.05) is 18.2 Å². The second-order valence-corrected chi connectivity index (χ2v) is 7.16. The van der Waals surface area contributed by atoms with E-state index in [-0.39, 0.29) is 6.04 Å². The van der Waals surface area contributed by atoms with Crippen molar-refractivity contribution in [2.75, 3.05) is 38.2 Å². The van der Waals surface area contributed by atoms with Crippen molar-refractivity contribution in [2.24, 2.45) is 0 Å². The van der Waals surface area contributed by atoms with Gasteiger partial charge in [0, 0.05) is 25.8 Å². The van der Waals surface area contributed by atoms with Crippen molar-refractivity contribution in [3.8, 4) is 0 Å². The number of aromatic nitrogens is 2. The summed E-state index contributed by atoms with van der Waals surface area (Å²) in [5, 5.41) is 9.72. The summed E-state index contributed by atoms with van der Waals surface area (Å²) < 4.78 is 7.11. The quantitative estimate of drug-likeness (QED) is 0.751. The zero-order valence-electron chi connectivity index (χ0n) is 15.8. The Morgan fingerprint density at radius 2 is 1.96 bits per heavy atom. The van der Waals surface area contributed by atoms with Gasteiger partial charge in [0.15, 0.2) is 0 Å². The molecule has 0 saturated carbocycles. The maximum atomic E-state index is 12.3. The van der Waals surface area contributed by atoms with Crippen molar-refractivity contribution in [3.63, 3.8) is 0 Å². The third-order valence-corrected chi connectivity index (χ3v) is 5.28. The van der Waals surface area contributed by atoms with Crippen LogP contribution in [0.3, 0.4) is 0 Å². The number of carbonyl (C=O) groups excluding carboxylic acids is 2. The van der Waals surface area contributed by atoms with Crippen LogP contribution in [0.2, 0.25) is 0 Å². The molecule has 28 heavy (non-hydrogen) atoms. The maximum Gasteiger partial charge on any atom is 0.313 e. The van der Waals surface area contributed by atoms with Crippen LogP contribution in [0.5, 0.6) is 0 Å². The number of nitrogens with one attached hydrogen (secondary N) is 2. The van der Waals surface area contributed by atoms with Crippen LogP contribution in [0, 0.1) is 0 Å². The fourth-order valence-electron chi connectivity index (χ4n) is 3.74. The standard InChI is InChI=1S/C20H25N5O3/c26-19(20(27)23-18-6-5-15-3-1-2-4-17(15)18)22-16-13-21-25(14-16)8-7-24-9-11-28-12-10-24/h1-4,13-14,18H,5-12H2,(H,22,26)(H,23,27)/t18-/m0/s1. The van der Waals surface area contributed by atoms with Crippen LogP contribution >= 0.6 is 0 Å². The summed E-state index contributed by atoms with van der Waals surface area (Å²) in [6.45, 7) is 4.98. The highest BCUT2D eigenvalue weighted by Gasteiger charge is 2.26. The van der Waals surface area contributed by atoms with Crippen LogP contribution in [-0.4, -0.2) is 59.3 Å². The normalized spacial score (nSPS) is 19.2. The highest BCUT2D eigenvalue weighted by Crippen LogP contribution is 2.30. The van der Waals surface area contributed by atoms with E-state index >= 15 is 0 Å². The van der Waals surface area contributed by atoms with Crippen molar-refractivity contribution in [3.05, 3.63) is 47.8 Å². The van der Waals surface area contributed by atoms with E-state index in [0.29, 0.717) is 5.69 Å². The van der Waals surface area contributed by atoms with Crippen molar-refractivity contribution in [2.45, 2.75) is 25.4 Å². The van der Waals surface area contributed by atoms with Gasteiger partial charge < -0.3 is 15.4 Å². The molecule has 4 rings (SSSR count). The monoisotopic (exact) mass is 383 g/mol. The SMILES string of the molecule is O=C(Nc1cnn(CCN2CCOCC2)c1)C(=O)N[C@H]1CCc2ccccc21. The Morgan fingerprint density at radius 3 is 2.82 bits per heavy atom. The smallest absolute Gasteiger partial charge is 0.313 e. The summed E-state index contributed by atoms with van der Waals surface area (Å²) >= 11 is 0. The number of fused-ring (bicyclic) bond motifs is 1. The minimum Gasteiger partial charge on any atom is -0.379 e. The zero-order chi connectivity index (χ0) is 19.3. The van der Waals surface area contributed by atoms with Crippen molar-refractivity contribution in [1.29, 1.82) is 0 Å². The first-order chi connectivity index (χ1) is 13.7. The van der Waals surface area contributed by atoms with E-state index in [1.165, 1.54) is 5.56 Å². The number of hydrogen-bond donors (Lipinski definition) is 2. The third-order valence-electron chi connectivity index (χ3n) is 5.28. The number of carbonyl (C=O) groups is 2. The molecule has 0 radical (unpaired) electrons. The molecule has 1 saturated heterocycles. The molecule has 1 atom stereocenters. The second-order valence-electron chi connectivity index (χ2n) is 7.16. The molecule has 1 aromatic carbocycles. The summed E-state index contributed by atoms with van der Waals surface area (Å²) in [6.07, 6.45) is 5.04. The first-order valence-corrected chi connectivity index (χ1v) is 9.71. The van der Waals surface area contributed by atoms with Crippen molar-refractivity contribution >= 4 is 17.5 Å². The number of anilines is 1. The summed E-state index contributed by atoms with van der Waals surface area (Å²) in [4.78, 5) is 26.8. The molecule has 1 aliphatic heterocycles. The minimum atomic E-state index is -0.669. The lowest BCUT2D eigenvalue weighted by molar-refractivity contribution is -0.136. The molecular formula is C20H25N5O3. The lowest BCUT2D eigenvalue weighted by Crippen LogP contribution is -2.38. The van der Waals surface area contributed by atoms with Crippen LogP contribution in [0.4, 0.5) is 5.69 Å². The van der Waals surface area contributed by atoms with Crippen LogP contribution in [-0.2, 0) is 27.3 Å². The number of amides is 2. The zero-order valence-corrected chi connectivity index (χ0v) is 15.8. The van der Waals surface area contributed by atoms with Crippen molar-refractivity contribution in [1.82, 2.24) is 20.0 Å². The molecule has 1 aromatic heterocycles. The van der Waals surface area contributed by atoms with Gasteiger partial charge in [-0.1, -0.05) is 24.3 Å². The van der Waals surface area contributed by atoms with E-state index in [4.69, 9.17) is 4.74 Å². The average Bonchev–Trinajstić information content (AvgIpc) is 3.34. The van der Waals surface area contributed by atoms with Gasteiger partial charge in [-0.05, 0) is 24.0 Å². The molecule has 2 aliphatic rings. The van der Waals surface area contributed by atoms with Gasteiger partial charge in [0.1, 0.15) is 0 Å². The summed E-state index contributed by atoms with van der Waals surface area (Å²) in [7, 11) is 0. The highest BCUT2D eigenvalue weighted by molar-refractivity contribution is 6.39. The lowest BCUT2D eigenvalue weighted by atomic mass is 10.1. The Bertz CT molecular complexity index is 844. The molecule has 148 valence electrons. The van der Waals surface area contributed by atoms with Crippen LogP contribution in [0.25, 0.3) is 0 Å². The molecular weight excluding hydrogens is 358 g/mol. The molecule has 2 aromatic rings. The molecule has 8 heteroatoms. The molecule has 0 bridgehead atoms. The third kappa shape index (κ3) is 4.40. The molecule has 8 nitrogen and oxygen atoms in total. The van der Waals surface area contributed by atoms with Gasteiger partial charge >= 0.3 is 11.8 Å². The number of rotatable bonds is 5.